The van der Waals surface area contributed by atoms with E-state index in [2.05, 4.69) is 26.9 Å². The standard InChI is InChI=1S/C14H22BrNO2S2/c1-12-7-8-13(15)11-14(12)20(17,18)16-9-5-3-4-6-10-19-2/h7-8,11,16H,3-6,9-10H2,1-2H3. The van der Waals surface area contributed by atoms with Crippen LogP contribution in [0, 0.1) is 6.92 Å². The highest BCUT2D eigenvalue weighted by atomic mass is 79.9. The van der Waals surface area contributed by atoms with E-state index in [1.807, 2.05) is 24.8 Å². The number of hydrogen-bond donors (Lipinski definition) is 1. The summed E-state index contributed by atoms with van der Waals surface area (Å²) in [6.45, 7) is 2.32. The van der Waals surface area contributed by atoms with E-state index in [4.69, 9.17) is 0 Å². The van der Waals surface area contributed by atoms with Gasteiger partial charge in [0, 0.05) is 11.0 Å². The smallest absolute Gasteiger partial charge is 0.211 e. The summed E-state index contributed by atoms with van der Waals surface area (Å²) in [5.41, 5.74) is 0.765. The van der Waals surface area contributed by atoms with Gasteiger partial charge < -0.3 is 0 Å². The zero-order valence-electron chi connectivity index (χ0n) is 12.0. The van der Waals surface area contributed by atoms with Gasteiger partial charge in [-0.15, -0.1) is 0 Å². The molecular weight excluding hydrogens is 358 g/mol. The van der Waals surface area contributed by atoms with Gasteiger partial charge in [0.25, 0.3) is 0 Å². The van der Waals surface area contributed by atoms with E-state index in [9.17, 15) is 8.42 Å². The lowest BCUT2D eigenvalue weighted by Gasteiger charge is -2.09. The van der Waals surface area contributed by atoms with Crippen LogP contribution in [0.2, 0.25) is 0 Å². The van der Waals surface area contributed by atoms with Crippen LogP contribution in [-0.4, -0.2) is 27.0 Å². The van der Waals surface area contributed by atoms with E-state index in [1.54, 1.807) is 12.1 Å². The molecule has 0 aliphatic carbocycles. The molecule has 0 saturated heterocycles. The molecule has 1 N–H and O–H groups in total. The average Bonchev–Trinajstić information content (AvgIpc) is 2.40. The number of nitrogens with one attached hydrogen (secondary N) is 1. The van der Waals surface area contributed by atoms with Crippen molar-refractivity contribution in [3.8, 4) is 0 Å². The number of unbranched alkanes of at least 4 members (excludes halogenated alkanes) is 3. The second kappa shape index (κ2) is 9.07. The minimum atomic E-state index is -3.39. The molecule has 0 saturated carbocycles. The summed E-state index contributed by atoms with van der Waals surface area (Å²) in [4.78, 5) is 0.356. The predicted molar refractivity (Wildman–Crippen MR) is 90.9 cm³/mol. The second-order valence-corrected chi connectivity index (χ2v) is 8.35. The molecule has 0 fully saturated rings. The van der Waals surface area contributed by atoms with Gasteiger partial charge in [-0.05, 0) is 49.5 Å². The van der Waals surface area contributed by atoms with E-state index < -0.39 is 10.0 Å². The van der Waals surface area contributed by atoms with E-state index in [0.29, 0.717) is 11.4 Å². The Morgan fingerprint density at radius 1 is 1.20 bits per heavy atom. The molecule has 0 atom stereocenters. The van der Waals surface area contributed by atoms with Crippen LogP contribution in [0.15, 0.2) is 27.6 Å². The monoisotopic (exact) mass is 379 g/mol. The van der Waals surface area contributed by atoms with Gasteiger partial charge in [0.05, 0.1) is 4.90 Å². The molecule has 20 heavy (non-hydrogen) atoms. The maximum atomic E-state index is 12.2. The number of hydrogen-bond acceptors (Lipinski definition) is 3. The van der Waals surface area contributed by atoms with Crippen LogP contribution < -0.4 is 4.72 Å². The van der Waals surface area contributed by atoms with Gasteiger partial charge in [0.15, 0.2) is 0 Å². The quantitative estimate of drug-likeness (QED) is 0.660. The van der Waals surface area contributed by atoms with E-state index in [-0.39, 0.29) is 0 Å². The minimum absolute atomic E-state index is 0.356. The molecule has 0 aliphatic heterocycles. The van der Waals surface area contributed by atoms with Crippen LogP contribution in [0.3, 0.4) is 0 Å². The molecule has 0 bridgehead atoms. The number of aryl methyl sites for hydroxylation is 1. The number of benzene rings is 1. The molecular formula is C14H22BrNO2S2. The molecule has 6 heteroatoms. The zero-order valence-corrected chi connectivity index (χ0v) is 15.2. The average molecular weight is 380 g/mol. The summed E-state index contributed by atoms with van der Waals surface area (Å²) in [6.07, 6.45) is 6.44. The second-order valence-electron chi connectivity index (χ2n) is 4.71. The van der Waals surface area contributed by atoms with Gasteiger partial charge in [-0.25, -0.2) is 13.1 Å². The first-order chi connectivity index (χ1) is 9.47. The molecule has 3 nitrogen and oxygen atoms in total. The normalized spacial score (nSPS) is 11.8. The van der Waals surface area contributed by atoms with Crippen molar-refractivity contribution in [1.82, 2.24) is 4.72 Å². The van der Waals surface area contributed by atoms with Gasteiger partial charge in [-0.2, -0.15) is 11.8 Å². The van der Waals surface area contributed by atoms with Crippen LogP contribution in [0.25, 0.3) is 0 Å². The first-order valence-electron chi connectivity index (χ1n) is 6.72. The molecule has 0 unspecified atom stereocenters. The summed E-state index contributed by atoms with van der Waals surface area (Å²) >= 11 is 5.17. The lowest BCUT2D eigenvalue weighted by atomic mass is 10.2. The van der Waals surface area contributed by atoms with Crippen molar-refractivity contribution < 1.29 is 8.42 Å². The topological polar surface area (TPSA) is 46.2 Å². The third-order valence-corrected chi connectivity index (χ3v) is 5.80. The van der Waals surface area contributed by atoms with Crippen LogP contribution in [0.1, 0.15) is 31.2 Å². The SMILES string of the molecule is CSCCCCCCNS(=O)(=O)c1cc(Br)ccc1C. The summed E-state index contributed by atoms with van der Waals surface area (Å²) in [6, 6.07) is 5.30. The summed E-state index contributed by atoms with van der Waals surface area (Å²) in [5.74, 6) is 1.18. The van der Waals surface area contributed by atoms with E-state index in [1.165, 1.54) is 18.6 Å². The maximum absolute atomic E-state index is 12.2. The molecule has 0 amide bonds. The Morgan fingerprint density at radius 2 is 1.90 bits per heavy atom. The van der Waals surface area contributed by atoms with Crippen LogP contribution in [0.4, 0.5) is 0 Å². The van der Waals surface area contributed by atoms with Crippen molar-refractivity contribution in [1.29, 1.82) is 0 Å². The molecule has 0 radical (unpaired) electrons. The van der Waals surface area contributed by atoms with Crippen molar-refractivity contribution in [3.63, 3.8) is 0 Å². The molecule has 0 aliphatic rings. The Morgan fingerprint density at radius 3 is 2.60 bits per heavy atom. The van der Waals surface area contributed by atoms with Crippen molar-refractivity contribution in [2.24, 2.45) is 0 Å². The Labute approximate surface area is 135 Å². The third kappa shape index (κ3) is 6.16. The highest BCUT2D eigenvalue weighted by molar-refractivity contribution is 9.10. The lowest BCUT2D eigenvalue weighted by molar-refractivity contribution is 0.573. The van der Waals surface area contributed by atoms with Gasteiger partial charge in [0.1, 0.15) is 0 Å². The summed E-state index contributed by atoms with van der Waals surface area (Å²) in [7, 11) is -3.39. The summed E-state index contributed by atoms with van der Waals surface area (Å²) in [5, 5.41) is 0. The molecule has 1 rings (SSSR count). The summed E-state index contributed by atoms with van der Waals surface area (Å²) < 4.78 is 27.9. The number of rotatable bonds is 9. The number of sulfonamides is 1. The lowest BCUT2D eigenvalue weighted by Crippen LogP contribution is -2.25. The largest absolute Gasteiger partial charge is 0.240 e. The Kier molecular flexibility index (Phi) is 8.17. The highest BCUT2D eigenvalue weighted by Gasteiger charge is 2.16. The fourth-order valence-electron chi connectivity index (χ4n) is 1.87. The van der Waals surface area contributed by atoms with E-state index >= 15 is 0 Å². The fourth-order valence-corrected chi connectivity index (χ4v) is 4.22. The van der Waals surface area contributed by atoms with Crippen molar-refractivity contribution in [3.05, 3.63) is 28.2 Å². The molecule has 0 heterocycles. The zero-order chi connectivity index (χ0) is 15.0. The van der Waals surface area contributed by atoms with Crippen molar-refractivity contribution in [2.45, 2.75) is 37.5 Å². The first kappa shape index (κ1) is 18.0. The van der Waals surface area contributed by atoms with Crippen LogP contribution in [-0.2, 0) is 10.0 Å². The Bertz CT molecular complexity index is 518. The maximum Gasteiger partial charge on any atom is 0.240 e. The predicted octanol–water partition coefficient (Wildman–Crippen LogP) is 3.96. The molecule has 0 aromatic heterocycles. The van der Waals surface area contributed by atoms with E-state index in [0.717, 1.165) is 22.9 Å². The van der Waals surface area contributed by atoms with Gasteiger partial charge in [0.2, 0.25) is 10.0 Å². The van der Waals surface area contributed by atoms with Gasteiger partial charge in [-0.3, -0.25) is 0 Å². The molecule has 0 spiro atoms. The minimum Gasteiger partial charge on any atom is -0.211 e. The number of thioether (sulfide) groups is 1. The highest BCUT2D eigenvalue weighted by Crippen LogP contribution is 2.20. The Hall–Kier alpha value is -0.0400. The van der Waals surface area contributed by atoms with Crippen molar-refractivity contribution >= 4 is 37.7 Å². The molecule has 1 aromatic carbocycles. The van der Waals surface area contributed by atoms with Crippen LogP contribution >= 0.6 is 27.7 Å². The third-order valence-electron chi connectivity index (χ3n) is 3.01. The fraction of sp³-hybridized carbons (Fsp3) is 0.571. The first-order valence-corrected chi connectivity index (χ1v) is 10.4. The molecule has 114 valence electrons. The van der Waals surface area contributed by atoms with Gasteiger partial charge >= 0.3 is 0 Å². The Balaban J connectivity index is 2.44. The molecule has 1 aromatic rings. The van der Waals surface area contributed by atoms with Gasteiger partial charge in [-0.1, -0.05) is 34.8 Å². The number of halogens is 1. The van der Waals surface area contributed by atoms with Crippen LogP contribution in [0.5, 0.6) is 0 Å². The van der Waals surface area contributed by atoms with Crippen molar-refractivity contribution in [2.75, 3.05) is 18.6 Å².